The molecule has 3 aromatic rings. The van der Waals surface area contributed by atoms with Crippen LogP contribution in [0.4, 0.5) is 11.4 Å². The van der Waals surface area contributed by atoms with Crippen molar-refractivity contribution in [1.82, 2.24) is 4.57 Å². The molecule has 0 aliphatic rings. The Bertz CT molecular complexity index is 902. The topological polar surface area (TPSA) is 74.0 Å². The number of rotatable bonds is 3. The first-order valence-corrected chi connectivity index (χ1v) is 7.35. The lowest BCUT2D eigenvalue weighted by atomic mass is 10.1. The first-order chi connectivity index (χ1) is 10.5. The second-order valence-electron chi connectivity index (χ2n) is 5.26. The molecular formula is C17H16ClN3O. The van der Waals surface area contributed by atoms with Gasteiger partial charge in [-0.05, 0) is 47.7 Å². The highest BCUT2D eigenvalue weighted by Crippen LogP contribution is 2.18. The zero-order valence-corrected chi connectivity index (χ0v) is 12.7. The average Bonchev–Trinajstić information content (AvgIpc) is 2.50. The molecule has 0 radical (unpaired) electrons. The summed E-state index contributed by atoms with van der Waals surface area (Å²) in [5, 5.41) is 2.09. The number of pyridine rings is 1. The smallest absolute Gasteiger partial charge is 0.258 e. The summed E-state index contributed by atoms with van der Waals surface area (Å²) in [6.45, 7) is 0.574. The van der Waals surface area contributed by atoms with Crippen molar-refractivity contribution in [2.75, 3.05) is 11.5 Å². The summed E-state index contributed by atoms with van der Waals surface area (Å²) < 4.78 is 1.69. The Morgan fingerprint density at radius 3 is 2.59 bits per heavy atom. The summed E-state index contributed by atoms with van der Waals surface area (Å²) in [6, 6.07) is 12.8. The Labute approximate surface area is 132 Å². The van der Waals surface area contributed by atoms with Crippen LogP contribution in [0.25, 0.3) is 10.8 Å². The van der Waals surface area contributed by atoms with Crippen LogP contribution in [0, 0.1) is 0 Å². The molecule has 0 fully saturated rings. The summed E-state index contributed by atoms with van der Waals surface area (Å²) in [4.78, 5) is 12.5. The highest BCUT2D eigenvalue weighted by atomic mass is 35.5. The van der Waals surface area contributed by atoms with Gasteiger partial charge in [0.1, 0.15) is 0 Å². The van der Waals surface area contributed by atoms with Gasteiger partial charge >= 0.3 is 0 Å². The molecular weight excluding hydrogens is 298 g/mol. The van der Waals surface area contributed by atoms with E-state index in [0.29, 0.717) is 34.7 Å². The largest absolute Gasteiger partial charge is 0.397 e. The number of anilines is 2. The number of halogens is 1. The number of hydrogen-bond acceptors (Lipinski definition) is 3. The van der Waals surface area contributed by atoms with E-state index in [0.717, 1.165) is 10.9 Å². The highest BCUT2D eigenvalue weighted by Gasteiger charge is 2.04. The molecule has 0 atom stereocenters. The van der Waals surface area contributed by atoms with Gasteiger partial charge in [0, 0.05) is 23.2 Å². The van der Waals surface area contributed by atoms with Gasteiger partial charge in [0.2, 0.25) is 0 Å². The molecule has 112 valence electrons. The summed E-state index contributed by atoms with van der Waals surface area (Å²) in [7, 11) is 0. The van der Waals surface area contributed by atoms with E-state index in [1.807, 2.05) is 24.3 Å². The lowest BCUT2D eigenvalue weighted by molar-refractivity contribution is 0.675. The van der Waals surface area contributed by atoms with Crippen LogP contribution in [0.1, 0.15) is 5.56 Å². The van der Waals surface area contributed by atoms with E-state index in [-0.39, 0.29) is 5.56 Å². The van der Waals surface area contributed by atoms with E-state index in [9.17, 15) is 4.79 Å². The van der Waals surface area contributed by atoms with Gasteiger partial charge in [0.15, 0.2) is 0 Å². The van der Waals surface area contributed by atoms with Crippen molar-refractivity contribution in [1.29, 1.82) is 0 Å². The lowest BCUT2D eigenvalue weighted by Crippen LogP contribution is -2.20. The van der Waals surface area contributed by atoms with E-state index >= 15 is 0 Å². The Morgan fingerprint density at radius 2 is 1.82 bits per heavy atom. The molecule has 0 spiro atoms. The summed E-state index contributed by atoms with van der Waals surface area (Å²) in [6.07, 6.45) is 2.51. The van der Waals surface area contributed by atoms with E-state index in [2.05, 4.69) is 0 Å². The minimum atomic E-state index is -0.0385. The van der Waals surface area contributed by atoms with E-state index in [1.54, 1.807) is 29.0 Å². The van der Waals surface area contributed by atoms with Crippen LogP contribution in [0.3, 0.4) is 0 Å². The predicted octanol–water partition coefficient (Wildman–Crippen LogP) is 3.06. The van der Waals surface area contributed by atoms with E-state index in [4.69, 9.17) is 23.1 Å². The van der Waals surface area contributed by atoms with E-state index < -0.39 is 0 Å². The Hall–Kier alpha value is -2.46. The van der Waals surface area contributed by atoms with Crippen molar-refractivity contribution in [2.45, 2.75) is 13.0 Å². The maximum absolute atomic E-state index is 12.5. The van der Waals surface area contributed by atoms with Crippen molar-refractivity contribution in [2.24, 2.45) is 0 Å². The average molecular weight is 314 g/mol. The maximum atomic E-state index is 12.5. The van der Waals surface area contributed by atoms with Crippen LogP contribution in [0.5, 0.6) is 0 Å². The second-order valence-corrected chi connectivity index (χ2v) is 5.70. The molecule has 5 heteroatoms. The van der Waals surface area contributed by atoms with Crippen LogP contribution in [0.15, 0.2) is 53.5 Å². The molecule has 3 rings (SSSR count). The SMILES string of the molecule is Nc1ccc(CCn2ccc3ccc(Cl)cc3c2=O)cc1N. The number of nitrogens with two attached hydrogens (primary N) is 2. The van der Waals surface area contributed by atoms with Gasteiger partial charge < -0.3 is 16.0 Å². The van der Waals surface area contributed by atoms with Crippen LogP contribution in [-0.2, 0) is 13.0 Å². The summed E-state index contributed by atoms with van der Waals surface area (Å²) in [5.41, 5.74) is 13.6. The van der Waals surface area contributed by atoms with Crippen LogP contribution in [-0.4, -0.2) is 4.57 Å². The number of benzene rings is 2. The van der Waals surface area contributed by atoms with Crippen LogP contribution in [0.2, 0.25) is 5.02 Å². The molecule has 0 bridgehead atoms. The number of aromatic nitrogens is 1. The second kappa shape index (κ2) is 5.73. The zero-order valence-electron chi connectivity index (χ0n) is 11.9. The molecule has 1 aromatic heterocycles. The summed E-state index contributed by atoms with van der Waals surface area (Å²) in [5.74, 6) is 0. The fourth-order valence-electron chi connectivity index (χ4n) is 2.46. The summed E-state index contributed by atoms with van der Waals surface area (Å²) >= 11 is 5.97. The van der Waals surface area contributed by atoms with Gasteiger partial charge in [-0.2, -0.15) is 0 Å². The molecule has 0 saturated carbocycles. The quantitative estimate of drug-likeness (QED) is 0.730. The number of aryl methyl sites for hydroxylation is 2. The molecule has 4 N–H and O–H groups in total. The van der Waals surface area contributed by atoms with E-state index in [1.165, 1.54) is 0 Å². The highest BCUT2D eigenvalue weighted by molar-refractivity contribution is 6.31. The number of hydrogen-bond donors (Lipinski definition) is 2. The standard InChI is InChI=1S/C17H16ClN3O/c18-13-3-2-12-6-8-21(17(22)14(12)10-13)7-5-11-1-4-15(19)16(20)9-11/h1-4,6,8-10H,5,7,19-20H2. The Kier molecular flexibility index (Phi) is 3.77. The van der Waals surface area contributed by atoms with Crippen molar-refractivity contribution in [3.8, 4) is 0 Å². The van der Waals surface area contributed by atoms with Gasteiger partial charge in [-0.25, -0.2) is 0 Å². The van der Waals surface area contributed by atoms with Gasteiger partial charge in [-0.15, -0.1) is 0 Å². The number of nitrogen functional groups attached to an aromatic ring is 2. The van der Waals surface area contributed by atoms with Crippen molar-refractivity contribution in [3.05, 3.63) is 69.6 Å². The Morgan fingerprint density at radius 1 is 1.00 bits per heavy atom. The first-order valence-electron chi connectivity index (χ1n) is 6.97. The Balaban J connectivity index is 1.89. The normalized spacial score (nSPS) is 11.0. The third kappa shape index (κ3) is 2.78. The third-order valence-electron chi connectivity index (χ3n) is 3.73. The number of nitrogens with zero attached hydrogens (tertiary/aromatic N) is 1. The molecule has 0 unspecified atom stereocenters. The molecule has 1 heterocycles. The third-order valence-corrected chi connectivity index (χ3v) is 3.97. The van der Waals surface area contributed by atoms with Crippen LogP contribution < -0.4 is 17.0 Å². The van der Waals surface area contributed by atoms with Gasteiger partial charge in [-0.3, -0.25) is 4.79 Å². The minimum Gasteiger partial charge on any atom is -0.397 e. The molecule has 0 aliphatic carbocycles. The molecule has 0 aliphatic heterocycles. The van der Waals surface area contributed by atoms with Crippen molar-refractivity contribution in [3.63, 3.8) is 0 Å². The monoisotopic (exact) mass is 313 g/mol. The lowest BCUT2D eigenvalue weighted by Gasteiger charge is -2.09. The fraction of sp³-hybridized carbons (Fsp3) is 0.118. The molecule has 4 nitrogen and oxygen atoms in total. The molecule has 0 saturated heterocycles. The van der Waals surface area contributed by atoms with Gasteiger partial charge in [-0.1, -0.05) is 23.7 Å². The van der Waals surface area contributed by atoms with Crippen molar-refractivity contribution >= 4 is 33.7 Å². The van der Waals surface area contributed by atoms with Crippen molar-refractivity contribution < 1.29 is 0 Å². The number of fused-ring (bicyclic) bond motifs is 1. The molecule has 0 amide bonds. The van der Waals surface area contributed by atoms with Gasteiger partial charge in [0.25, 0.3) is 5.56 Å². The van der Waals surface area contributed by atoms with Crippen LogP contribution >= 0.6 is 11.6 Å². The van der Waals surface area contributed by atoms with Gasteiger partial charge in [0.05, 0.1) is 11.4 Å². The molecule has 2 aromatic carbocycles. The molecule has 22 heavy (non-hydrogen) atoms. The zero-order chi connectivity index (χ0) is 15.7. The minimum absolute atomic E-state index is 0.0385. The first kappa shape index (κ1) is 14.5. The fourth-order valence-corrected chi connectivity index (χ4v) is 2.63. The predicted molar refractivity (Wildman–Crippen MR) is 92.2 cm³/mol. The maximum Gasteiger partial charge on any atom is 0.258 e.